The van der Waals surface area contributed by atoms with Crippen molar-refractivity contribution in [3.05, 3.63) is 39.5 Å². The van der Waals surface area contributed by atoms with E-state index in [-0.39, 0.29) is 12.1 Å². The third-order valence-electron chi connectivity index (χ3n) is 5.51. The average molecular weight is 514 g/mol. The van der Waals surface area contributed by atoms with E-state index < -0.39 is 8.07 Å². The van der Waals surface area contributed by atoms with Crippen LogP contribution in [-0.2, 0) is 31.6 Å². The molecule has 4 heterocycles. The zero-order chi connectivity index (χ0) is 25.2. The van der Waals surface area contributed by atoms with Crippen molar-refractivity contribution in [2.24, 2.45) is 17.3 Å². The summed E-state index contributed by atoms with van der Waals surface area (Å²) in [6, 6.07) is 3.00. The van der Waals surface area contributed by atoms with Crippen LogP contribution in [-0.4, -0.2) is 68.8 Å². The van der Waals surface area contributed by atoms with Crippen LogP contribution in [0.1, 0.15) is 10.7 Å². The van der Waals surface area contributed by atoms with Crippen molar-refractivity contribution in [2.75, 3.05) is 13.7 Å². The lowest BCUT2D eigenvalue weighted by Gasteiger charge is -2.15. The SMILES string of the molecule is C=N/N=C\N(C)Cc1nc2c(s1)c1cnn(Cc3ccn(COCC[Si](C)(C)C)n3)c(=O)c1n2C. The van der Waals surface area contributed by atoms with Crippen LogP contribution in [0, 0.1) is 0 Å². The topological polar surface area (TPSA) is 108 Å². The second-order valence-electron chi connectivity index (χ2n) is 9.67. The van der Waals surface area contributed by atoms with Crippen LogP contribution < -0.4 is 5.56 Å². The molecule has 4 aromatic rings. The Morgan fingerprint density at radius 3 is 2.89 bits per heavy atom. The zero-order valence-corrected chi connectivity index (χ0v) is 22.6. The highest BCUT2D eigenvalue weighted by atomic mass is 32.1. The average Bonchev–Trinajstić information content (AvgIpc) is 3.48. The van der Waals surface area contributed by atoms with Crippen molar-refractivity contribution in [3.63, 3.8) is 0 Å². The van der Waals surface area contributed by atoms with Gasteiger partial charge in [-0.05, 0) is 12.1 Å². The predicted octanol–water partition coefficient (Wildman–Crippen LogP) is 2.98. The van der Waals surface area contributed by atoms with Crippen molar-refractivity contribution in [2.45, 2.75) is 45.5 Å². The van der Waals surface area contributed by atoms with Gasteiger partial charge < -0.3 is 14.2 Å². The highest BCUT2D eigenvalue weighted by molar-refractivity contribution is 7.19. The van der Waals surface area contributed by atoms with Gasteiger partial charge in [0, 0.05) is 47.1 Å². The number of aromatic nitrogens is 6. The van der Waals surface area contributed by atoms with Crippen molar-refractivity contribution < 1.29 is 4.74 Å². The summed E-state index contributed by atoms with van der Waals surface area (Å²) in [5, 5.41) is 17.9. The minimum atomic E-state index is -1.12. The number of nitrogens with zero attached hydrogens (tertiary/aromatic N) is 9. The molecule has 0 radical (unpaired) electrons. The Kier molecular flexibility index (Phi) is 7.28. The van der Waals surface area contributed by atoms with E-state index in [0.717, 1.165) is 39.1 Å². The maximum atomic E-state index is 13.3. The van der Waals surface area contributed by atoms with Gasteiger partial charge in [0.05, 0.1) is 29.7 Å². The second-order valence-corrected chi connectivity index (χ2v) is 16.4. The van der Waals surface area contributed by atoms with Gasteiger partial charge in [0.1, 0.15) is 23.6 Å². The normalized spacial score (nSPS) is 12.4. The Bertz CT molecular complexity index is 1430. The molecule has 11 nitrogen and oxygen atoms in total. The molecule has 4 rings (SSSR count). The number of ether oxygens (including phenoxy) is 1. The summed E-state index contributed by atoms with van der Waals surface area (Å²) in [4.78, 5) is 19.9. The fourth-order valence-electron chi connectivity index (χ4n) is 3.64. The Morgan fingerprint density at radius 2 is 2.14 bits per heavy atom. The lowest BCUT2D eigenvalue weighted by molar-refractivity contribution is 0.0782. The van der Waals surface area contributed by atoms with Crippen LogP contribution in [0.2, 0.25) is 25.7 Å². The molecular weight excluding hydrogens is 482 g/mol. The van der Waals surface area contributed by atoms with E-state index in [4.69, 9.17) is 9.72 Å². The molecule has 0 fully saturated rings. The van der Waals surface area contributed by atoms with Crippen LogP contribution >= 0.6 is 11.3 Å². The van der Waals surface area contributed by atoms with Crippen LogP contribution in [0.3, 0.4) is 0 Å². The van der Waals surface area contributed by atoms with E-state index in [1.165, 1.54) is 4.68 Å². The predicted molar refractivity (Wildman–Crippen MR) is 143 cm³/mol. The third-order valence-corrected chi connectivity index (χ3v) is 8.28. The lowest BCUT2D eigenvalue weighted by atomic mass is 10.3. The van der Waals surface area contributed by atoms with Crippen LogP contribution in [0.15, 0.2) is 33.5 Å². The lowest BCUT2D eigenvalue weighted by Crippen LogP contribution is -2.25. The molecule has 4 aromatic heterocycles. The summed E-state index contributed by atoms with van der Waals surface area (Å²) in [5.74, 6) is 0. The molecule has 0 aliphatic carbocycles. The fraction of sp³-hybridized carbons (Fsp3) is 0.455. The van der Waals surface area contributed by atoms with Crippen molar-refractivity contribution in [1.82, 2.24) is 34.0 Å². The van der Waals surface area contributed by atoms with E-state index in [2.05, 4.69) is 46.8 Å². The number of hydrogen-bond acceptors (Lipinski definition) is 8. The van der Waals surface area contributed by atoms with Gasteiger partial charge in [-0.25, -0.2) is 14.3 Å². The number of rotatable bonds is 11. The van der Waals surface area contributed by atoms with Crippen molar-refractivity contribution in [3.8, 4) is 0 Å². The summed E-state index contributed by atoms with van der Waals surface area (Å²) >= 11 is 1.55. The van der Waals surface area contributed by atoms with Gasteiger partial charge in [0.15, 0.2) is 5.65 Å². The summed E-state index contributed by atoms with van der Waals surface area (Å²) in [6.45, 7) is 12.3. The van der Waals surface area contributed by atoms with Gasteiger partial charge in [-0.3, -0.25) is 4.79 Å². The monoisotopic (exact) mass is 513 g/mol. The van der Waals surface area contributed by atoms with Gasteiger partial charge >= 0.3 is 0 Å². The molecule has 0 spiro atoms. The molecule has 0 aromatic carbocycles. The van der Waals surface area contributed by atoms with Gasteiger partial charge in [-0.2, -0.15) is 15.3 Å². The minimum absolute atomic E-state index is 0.168. The summed E-state index contributed by atoms with van der Waals surface area (Å²) in [7, 11) is 2.63. The molecule has 186 valence electrons. The Balaban J connectivity index is 1.50. The fourth-order valence-corrected chi connectivity index (χ4v) is 5.57. The second kappa shape index (κ2) is 10.2. The van der Waals surface area contributed by atoms with E-state index in [1.807, 2.05) is 35.8 Å². The minimum Gasteiger partial charge on any atom is -0.360 e. The van der Waals surface area contributed by atoms with Gasteiger partial charge in [-0.1, -0.05) is 19.6 Å². The largest absolute Gasteiger partial charge is 0.360 e. The van der Waals surface area contributed by atoms with Crippen molar-refractivity contribution >= 4 is 53.7 Å². The molecule has 0 aliphatic heterocycles. The van der Waals surface area contributed by atoms with E-state index in [9.17, 15) is 4.79 Å². The van der Waals surface area contributed by atoms with Gasteiger partial charge in [0.25, 0.3) is 5.56 Å². The maximum absolute atomic E-state index is 13.3. The quantitative estimate of drug-likeness (QED) is 0.100. The number of thiazole rings is 1. The first-order valence-corrected chi connectivity index (χ1v) is 15.8. The number of aryl methyl sites for hydroxylation is 1. The Hall–Kier alpha value is -3.16. The number of hydrogen-bond donors (Lipinski definition) is 0. The van der Waals surface area contributed by atoms with Crippen LogP contribution in [0.5, 0.6) is 0 Å². The van der Waals surface area contributed by atoms with E-state index >= 15 is 0 Å². The first-order valence-electron chi connectivity index (χ1n) is 11.3. The third kappa shape index (κ3) is 5.74. The summed E-state index contributed by atoms with van der Waals surface area (Å²) in [6.07, 6.45) is 5.20. The molecule has 0 atom stereocenters. The zero-order valence-electron chi connectivity index (χ0n) is 20.8. The van der Waals surface area contributed by atoms with Gasteiger partial charge in [0.2, 0.25) is 0 Å². The molecule has 0 bridgehead atoms. The van der Waals surface area contributed by atoms with Gasteiger partial charge in [-0.15, -0.1) is 16.4 Å². The standard InChI is InChI=1S/C22H31N9O2SSi/c1-23-24-14-28(2)13-18-26-21-20(34-18)17-11-25-31(22(32)19(17)29(21)3)12-16-7-8-30(27-16)15-33-9-10-35(4,5)6/h7-8,11,14H,1,9-10,12-13,15H2,2-6H3/b24-14-. The first kappa shape index (κ1) is 24.9. The molecule has 0 N–H and O–H groups in total. The maximum Gasteiger partial charge on any atom is 0.291 e. The molecule has 0 saturated heterocycles. The molecule has 0 unspecified atom stereocenters. The van der Waals surface area contributed by atoms with E-state index in [1.54, 1.807) is 28.6 Å². The molecule has 0 saturated carbocycles. The highest BCUT2D eigenvalue weighted by Gasteiger charge is 2.19. The highest BCUT2D eigenvalue weighted by Crippen LogP contribution is 2.31. The van der Waals surface area contributed by atoms with Crippen LogP contribution in [0.25, 0.3) is 21.3 Å². The summed E-state index contributed by atoms with van der Waals surface area (Å²) < 4.78 is 11.7. The summed E-state index contributed by atoms with van der Waals surface area (Å²) in [5.41, 5.74) is 1.94. The van der Waals surface area contributed by atoms with Crippen molar-refractivity contribution in [1.29, 1.82) is 0 Å². The molecule has 0 amide bonds. The Labute approximate surface area is 208 Å². The molecular formula is C22H31N9O2SSi. The smallest absolute Gasteiger partial charge is 0.291 e. The molecule has 35 heavy (non-hydrogen) atoms. The molecule has 13 heteroatoms. The molecule has 0 aliphatic rings. The van der Waals surface area contributed by atoms with E-state index in [0.29, 0.717) is 18.8 Å². The Morgan fingerprint density at radius 1 is 1.34 bits per heavy atom. The number of fused-ring (bicyclic) bond motifs is 3. The first-order chi connectivity index (χ1) is 16.7. The van der Waals surface area contributed by atoms with Crippen LogP contribution in [0.4, 0.5) is 0 Å².